The van der Waals surface area contributed by atoms with Gasteiger partial charge in [0.15, 0.2) is 0 Å². The van der Waals surface area contributed by atoms with Crippen molar-refractivity contribution in [3.63, 3.8) is 0 Å². The van der Waals surface area contributed by atoms with E-state index in [4.69, 9.17) is 4.74 Å². The van der Waals surface area contributed by atoms with Gasteiger partial charge >= 0.3 is 6.03 Å². The second-order valence-electron chi connectivity index (χ2n) is 7.00. The summed E-state index contributed by atoms with van der Waals surface area (Å²) in [6.45, 7) is 1.84. The number of ether oxygens (including phenoxy) is 1. The summed E-state index contributed by atoms with van der Waals surface area (Å²) in [5.74, 6) is 0.408. The fraction of sp³-hybridized carbons (Fsp3) is 0.526. The van der Waals surface area contributed by atoms with E-state index >= 15 is 0 Å². The normalized spacial score (nSPS) is 25.3. The summed E-state index contributed by atoms with van der Waals surface area (Å²) in [7, 11) is 1.51. The summed E-state index contributed by atoms with van der Waals surface area (Å²) in [6.07, 6.45) is 4.21. The van der Waals surface area contributed by atoms with Crippen molar-refractivity contribution >= 4 is 23.5 Å². The number of hydrogen-bond acceptors (Lipinski definition) is 4. The Bertz CT molecular complexity index is 710. The van der Waals surface area contributed by atoms with E-state index in [1.165, 1.54) is 7.11 Å². The molecular formula is C19H25N3O4. The SMILES string of the molecule is CCC1CCC2(CC1)NC(=O)N(CC(=O)Nc1ccccc1OC)C2=O. The van der Waals surface area contributed by atoms with Gasteiger partial charge in [-0.05, 0) is 43.7 Å². The highest BCUT2D eigenvalue weighted by Crippen LogP contribution is 2.37. The van der Waals surface area contributed by atoms with Crippen molar-refractivity contribution in [1.29, 1.82) is 0 Å². The van der Waals surface area contributed by atoms with Crippen molar-refractivity contribution in [3.8, 4) is 5.75 Å². The molecule has 0 radical (unpaired) electrons. The van der Waals surface area contributed by atoms with E-state index < -0.39 is 17.5 Å². The molecular weight excluding hydrogens is 334 g/mol. The molecule has 1 aromatic carbocycles. The molecule has 2 fully saturated rings. The highest BCUT2D eigenvalue weighted by molar-refractivity contribution is 6.10. The molecule has 1 aliphatic carbocycles. The highest BCUT2D eigenvalue weighted by Gasteiger charge is 2.52. The molecule has 7 heteroatoms. The van der Waals surface area contributed by atoms with Gasteiger partial charge in [-0.25, -0.2) is 4.79 Å². The molecule has 2 N–H and O–H groups in total. The van der Waals surface area contributed by atoms with E-state index in [1.54, 1.807) is 24.3 Å². The molecule has 1 spiro atoms. The van der Waals surface area contributed by atoms with Crippen molar-refractivity contribution in [2.24, 2.45) is 5.92 Å². The van der Waals surface area contributed by atoms with Gasteiger partial charge in [0, 0.05) is 0 Å². The first-order valence-electron chi connectivity index (χ1n) is 9.06. The van der Waals surface area contributed by atoms with E-state index in [0.29, 0.717) is 30.2 Å². The number of amides is 4. The fourth-order valence-electron chi connectivity index (χ4n) is 3.82. The van der Waals surface area contributed by atoms with Crippen molar-refractivity contribution in [2.75, 3.05) is 19.0 Å². The molecule has 3 rings (SSSR count). The first kappa shape index (κ1) is 18.2. The number of urea groups is 1. The Labute approximate surface area is 153 Å². The average Bonchev–Trinajstić information content (AvgIpc) is 2.87. The van der Waals surface area contributed by atoms with E-state index in [0.717, 1.165) is 24.2 Å². The minimum absolute atomic E-state index is 0.285. The Balaban J connectivity index is 1.65. The van der Waals surface area contributed by atoms with Crippen molar-refractivity contribution < 1.29 is 19.1 Å². The van der Waals surface area contributed by atoms with Crippen LogP contribution in [0.4, 0.5) is 10.5 Å². The molecule has 1 saturated carbocycles. The van der Waals surface area contributed by atoms with Crippen LogP contribution in [0.15, 0.2) is 24.3 Å². The first-order chi connectivity index (χ1) is 12.5. The van der Waals surface area contributed by atoms with E-state index in [2.05, 4.69) is 17.6 Å². The zero-order chi connectivity index (χ0) is 18.7. The van der Waals surface area contributed by atoms with Crippen molar-refractivity contribution in [2.45, 2.75) is 44.6 Å². The van der Waals surface area contributed by atoms with E-state index in [-0.39, 0.29) is 12.5 Å². The van der Waals surface area contributed by atoms with Crippen LogP contribution in [0.2, 0.25) is 0 Å². The van der Waals surface area contributed by atoms with Crippen LogP contribution in [0.3, 0.4) is 0 Å². The van der Waals surface area contributed by atoms with Crippen molar-refractivity contribution in [3.05, 3.63) is 24.3 Å². The second-order valence-corrected chi connectivity index (χ2v) is 7.00. The van der Waals surface area contributed by atoms with Crippen LogP contribution >= 0.6 is 0 Å². The third-order valence-corrected chi connectivity index (χ3v) is 5.46. The Morgan fingerprint density at radius 2 is 2.00 bits per heavy atom. The third kappa shape index (κ3) is 3.38. The van der Waals surface area contributed by atoms with Gasteiger partial charge in [-0.1, -0.05) is 25.5 Å². The number of anilines is 1. The number of carbonyl (C=O) groups excluding carboxylic acids is 3. The molecule has 1 aromatic rings. The smallest absolute Gasteiger partial charge is 0.325 e. The predicted octanol–water partition coefficient (Wildman–Crippen LogP) is 2.52. The predicted molar refractivity (Wildman–Crippen MR) is 96.8 cm³/mol. The molecule has 0 aromatic heterocycles. The summed E-state index contributed by atoms with van der Waals surface area (Å²) >= 11 is 0. The van der Waals surface area contributed by atoms with Gasteiger partial charge in [0.05, 0.1) is 12.8 Å². The Morgan fingerprint density at radius 3 is 2.65 bits per heavy atom. The second kappa shape index (κ2) is 7.35. The molecule has 0 atom stereocenters. The van der Waals surface area contributed by atoms with Gasteiger partial charge in [-0.2, -0.15) is 0 Å². The van der Waals surface area contributed by atoms with Crippen LogP contribution in [0.5, 0.6) is 5.75 Å². The number of imide groups is 1. The van der Waals surface area contributed by atoms with Crippen LogP contribution < -0.4 is 15.4 Å². The lowest BCUT2D eigenvalue weighted by Crippen LogP contribution is -2.49. The highest BCUT2D eigenvalue weighted by atomic mass is 16.5. The van der Waals surface area contributed by atoms with Gasteiger partial charge in [-0.3, -0.25) is 14.5 Å². The molecule has 1 aliphatic heterocycles. The summed E-state index contributed by atoms with van der Waals surface area (Å²) in [5.41, 5.74) is -0.321. The van der Waals surface area contributed by atoms with E-state index in [9.17, 15) is 14.4 Å². The molecule has 4 amide bonds. The quantitative estimate of drug-likeness (QED) is 0.791. The zero-order valence-electron chi connectivity index (χ0n) is 15.2. The minimum atomic E-state index is -0.826. The maximum atomic E-state index is 12.8. The summed E-state index contributed by atoms with van der Waals surface area (Å²) in [5, 5.41) is 5.54. The summed E-state index contributed by atoms with van der Waals surface area (Å²) in [6, 6.07) is 6.51. The molecule has 7 nitrogen and oxygen atoms in total. The number of carbonyl (C=O) groups is 3. The number of para-hydroxylation sites is 2. The maximum absolute atomic E-state index is 12.8. The van der Waals surface area contributed by atoms with Crippen LogP contribution in [0.25, 0.3) is 0 Å². The van der Waals surface area contributed by atoms with Gasteiger partial charge in [0.1, 0.15) is 17.8 Å². The number of nitrogens with one attached hydrogen (secondary N) is 2. The number of benzene rings is 1. The van der Waals surface area contributed by atoms with Crippen LogP contribution in [-0.2, 0) is 9.59 Å². The average molecular weight is 359 g/mol. The lowest BCUT2D eigenvalue weighted by Gasteiger charge is -2.34. The number of nitrogens with zero attached hydrogens (tertiary/aromatic N) is 1. The van der Waals surface area contributed by atoms with Crippen molar-refractivity contribution in [1.82, 2.24) is 10.2 Å². The summed E-state index contributed by atoms with van der Waals surface area (Å²) in [4.78, 5) is 38.5. The lowest BCUT2D eigenvalue weighted by molar-refractivity contribution is -0.135. The van der Waals surface area contributed by atoms with Gasteiger partial charge in [0.25, 0.3) is 5.91 Å². The van der Waals surface area contributed by atoms with Gasteiger partial charge in [-0.15, -0.1) is 0 Å². The fourth-order valence-corrected chi connectivity index (χ4v) is 3.82. The molecule has 2 aliphatic rings. The lowest BCUT2D eigenvalue weighted by atomic mass is 9.75. The Morgan fingerprint density at radius 1 is 1.31 bits per heavy atom. The number of hydrogen-bond donors (Lipinski definition) is 2. The molecule has 1 heterocycles. The zero-order valence-corrected chi connectivity index (χ0v) is 15.2. The Hall–Kier alpha value is -2.57. The maximum Gasteiger partial charge on any atom is 0.325 e. The monoisotopic (exact) mass is 359 g/mol. The van der Waals surface area contributed by atoms with Crippen LogP contribution in [0, 0.1) is 5.92 Å². The molecule has 140 valence electrons. The number of methoxy groups -OCH3 is 1. The molecule has 1 saturated heterocycles. The first-order valence-corrected chi connectivity index (χ1v) is 9.06. The standard InChI is InChI=1S/C19H25N3O4/c1-3-13-8-10-19(11-9-13)17(24)22(18(25)21-19)12-16(23)20-14-6-4-5-7-15(14)26-2/h4-7,13H,3,8-12H2,1-2H3,(H,20,23)(H,21,25). The molecule has 26 heavy (non-hydrogen) atoms. The Kier molecular flexibility index (Phi) is 5.15. The largest absolute Gasteiger partial charge is 0.495 e. The molecule has 0 bridgehead atoms. The van der Waals surface area contributed by atoms with Gasteiger partial charge in [0.2, 0.25) is 5.91 Å². The minimum Gasteiger partial charge on any atom is -0.495 e. The summed E-state index contributed by atoms with van der Waals surface area (Å²) < 4.78 is 5.19. The van der Waals surface area contributed by atoms with Crippen LogP contribution in [-0.4, -0.2) is 41.9 Å². The van der Waals surface area contributed by atoms with E-state index in [1.807, 2.05) is 0 Å². The topological polar surface area (TPSA) is 87.7 Å². The van der Waals surface area contributed by atoms with Gasteiger partial charge < -0.3 is 15.4 Å². The third-order valence-electron chi connectivity index (χ3n) is 5.46. The number of rotatable bonds is 5. The van der Waals surface area contributed by atoms with Crippen LogP contribution in [0.1, 0.15) is 39.0 Å². The molecule has 0 unspecified atom stereocenters.